The van der Waals surface area contributed by atoms with Gasteiger partial charge in [-0.1, -0.05) is 12.1 Å². The summed E-state index contributed by atoms with van der Waals surface area (Å²) in [7, 11) is 0. The van der Waals surface area contributed by atoms with Crippen molar-refractivity contribution in [1.29, 1.82) is 0 Å². The van der Waals surface area contributed by atoms with Crippen LogP contribution >= 0.6 is 0 Å². The number of nitrogens with two attached hydrogens (primary N) is 1. The van der Waals surface area contributed by atoms with Crippen molar-refractivity contribution in [2.75, 3.05) is 19.8 Å². The lowest BCUT2D eigenvalue weighted by Crippen LogP contribution is -2.53. The third-order valence-electron chi connectivity index (χ3n) is 4.99. The summed E-state index contributed by atoms with van der Waals surface area (Å²) in [6.07, 6.45) is 3.67. The van der Waals surface area contributed by atoms with Crippen molar-refractivity contribution in [1.82, 2.24) is 0 Å². The Morgan fingerprint density at radius 1 is 1.33 bits per heavy atom. The van der Waals surface area contributed by atoms with Gasteiger partial charge in [0.25, 0.3) is 0 Å². The van der Waals surface area contributed by atoms with Crippen LogP contribution in [0.5, 0.6) is 0 Å². The van der Waals surface area contributed by atoms with Crippen LogP contribution in [0.3, 0.4) is 0 Å². The maximum absolute atomic E-state index is 13.0. The first-order chi connectivity index (χ1) is 9.99. The van der Waals surface area contributed by atoms with Gasteiger partial charge in [0, 0.05) is 25.2 Å². The minimum atomic E-state index is -0.308. The standard InChI is InChI=1S/C17H24FNO2/c1-16(19,10-13-2-4-15(18)5-3-13)14-6-8-21-17(11-14)7-9-20-12-17/h2-5,14H,6-12,19H2,1H3. The number of ether oxygens (including phenoxy) is 2. The van der Waals surface area contributed by atoms with Crippen LogP contribution in [0.15, 0.2) is 24.3 Å². The molecular weight excluding hydrogens is 269 g/mol. The Bertz CT molecular complexity index is 480. The van der Waals surface area contributed by atoms with E-state index < -0.39 is 0 Å². The second-order valence-corrected chi connectivity index (χ2v) is 6.83. The molecule has 3 rings (SSSR count). The van der Waals surface area contributed by atoms with Crippen LogP contribution in [-0.2, 0) is 15.9 Å². The Hall–Kier alpha value is -0.970. The molecule has 2 fully saturated rings. The molecule has 3 nitrogen and oxygen atoms in total. The molecule has 4 heteroatoms. The van der Waals surface area contributed by atoms with Gasteiger partial charge in [-0.05, 0) is 49.8 Å². The highest BCUT2D eigenvalue weighted by molar-refractivity contribution is 5.19. The number of benzene rings is 1. The van der Waals surface area contributed by atoms with Gasteiger partial charge in [-0.15, -0.1) is 0 Å². The second kappa shape index (κ2) is 5.67. The van der Waals surface area contributed by atoms with Gasteiger partial charge in [-0.2, -0.15) is 0 Å². The molecule has 1 aromatic rings. The maximum Gasteiger partial charge on any atom is 0.123 e. The van der Waals surface area contributed by atoms with E-state index in [0.717, 1.165) is 44.5 Å². The fourth-order valence-electron chi connectivity index (χ4n) is 3.64. The molecule has 3 atom stereocenters. The smallest absolute Gasteiger partial charge is 0.123 e. The molecule has 2 aliphatic heterocycles. The van der Waals surface area contributed by atoms with Crippen LogP contribution < -0.4 is 5.73 Å². The normalized spacial score (nSPS) is 32.2. The average molecular weight is 293 g/mol. The summed E-state index contributed by atoms with van der Waals surface area (Å²) < 4.78 is 24.5. The van der Waals surface area contributed by atoms with Gasteiger partial charge in [-0.3, -0.25) is 0 Å². The summed E-state index contributed by atoms with van der Waals surface area (Å²) in [5.74, 6) is 0.198. The monoisotopic (exact) mass is 293 g/mol. The van der Waals surface area contributed by atoms with Crippen molar-refractivity contribution >= 4 is 0 Å². The van der Waals surface area contributed by atoms with E-state index in [9.17, 15) is 4.39 Å². The third-order valence-corrected chi connectivity index (χ3v) is 4.99. The van der Waals surface area contributed by atoms with Crippen LogP contribution in [-0.4, -0.2) is 31.0 Å². The first-order valence-electron chi connectivity index (χ1n) is 7.74. The highest BCUT2D eigenvalue weighted by atomic mass is 19.1. The van der Waals surface area contributed by atoms with Gasteiger partial charge in [0.05, 0.1) is 12.2 Å². The quantitative estimate of drug-likeness (QED) is 0.932. The van der Waals surface area contributed by atoms with Crippen molar-refractivity contribution < 1.29 is 13.9 Å². The molecule has 116 valence electrons. The zero-order chi connectivity index (χ0) is 14.9. The predicted molar refractivity (Wildman–Crippen MR) is 79.5 cm³/mol. The maximum atomic E-state index is 13.0. The molecule has 0 saturated carbocycles. The summed E-state index contributed by atoms with van der Waals surface area (Å²) in [4.78, 5) is 0. The molecule has 0 aromatic heterocycles. The van der Waals surface area contributed by atoms with Crippen molar-refractivity contribution in [3.8, 4) is 0 Å². The summed E-state index contributed by atoms with van der Waals surface area (Å²) in [5.41, 5.74) is 7.28. The SMILES string of the molecule is CC(N)(Cc1ccc(F)cc1)C1CCOC2(CCOC2)C1. The van der Waals surface area contributed by atoms with E-state index in [4.69, 9.17) is 15.2 Å². The zero-order valence-corrected chi connectivity index (χ0v) is 12.6. The van der Waals surface area contributed by atoms with Gasteiger partial charge in [0.1, 0.15) is 5.82 Å². The van der Waals surface area contributed by atoms with Gasteiger partial charge in [-0.25, -0.2) is 4.39 Å². The predicted octanol–water partition coefficient (Wildman–Crippen LogP) is 2.67. The Morgan fingerprint density at radius 2 is 2.10 bits per heavy atom. The Kier molecular flexibility index (Phi) is 4.04. The van der Waals surface area contributed by atoms with Crippen LogP contribution in [0.1, 0.15) is 31.7 Å². The molecule has 2 N–H and O–H groups in total. The summed E-state index contributed by atoms with van der Waals surface area (Å²) in [5, 5.41) is 0. The van der Waals surface area contributed by atoms with Gasteiger partial charge < -0.3 is 15.2 Å². The molecular formula is C17H24FNO2. The van der Waals surface area contributed by atoms with Crippen LogP contribution in [0.2, 0.25) is 0 Å². The third kappa shape index (κ3) is 3.28. The lowest BCUT2D eigenvalue weighted by molar-refractivity contribution is -0.108. The summed E-state index contributed by atoms with van der Waals surface area (Å²) in [6.45, 7) is 4.34. The molecule has 2 heterocycles. The first-order valence-corrected chi connectivity index (χ1v) is 7.74. The Labute approximate surface area is 125 Å². The van der Waals surface area contributed by atoms with Crippen molar-refractivity contribution in [2.45, 2.75) is 43.7 Å². The first kappa shape index (κ1) is 14.9. The fraction of sp³-hybridized carbons (Fsp3) is 0.647. The van der Waals surface area contributed by atoms with Crippen LogP contribution in [0, 0.1) is 11.7 Å². The highest BCUT2D eigenvalue weighted by Gasteiger charge is 2.45. The molecule has 0 aliphatic carbocycles. The molecule has 2 saturated heterocycles. The molecule has 0 amide bonds. The van der Waals surface area contributed by atoms with Crippen LogP contribution in [0.4, 0.5) is 4.39 Å². The second-order valence-electron chi connectivity index (χ2n) is 6.83. The van der Waals surface area contributed by atoms with E-state index in [-0.39, 0.29) is 17.0 Å². The van der Waals surface area contributed by atoms with Gasteiger partial charge >= 0.3 is 0 Å². The molecule has 0 bridgehead atoms. The Morgan fingerprint density at radius 3 is 2.76 bits per heavy atom. The fourth-order valence-corrected chi connectivity index (χ4v) is 3.64. The van der Waals surface area contributed by atoms with E-state index in [2.05, 4.69) is 6.92 Å². The molecule has 0 radical (unpaired) electrons. The number of hydrogen-bond donors (Lipinski definition) is 1. The number of rotatable bonds is 3. The topological polar surface area (TPSA) is 44.5 Å². The minimum absolute atomic E-state index is 0.119. The molecule has 1 spiro atoms. The molecule has 1 aromatic carbocycles. The van der Waals surface area contributed by atoms with E-state index in [1.165, 1.54) is 12.1 Å². The van der Waals surface area contributed by atoms with Crippen molar-refractivity contribution in [3.05, 3.63) is 35.6 Å². The number of hydrogen-bond acceptors (Lipinski definition) is 3. The van der Waals surface area contributed by atoms with E-state index in [1.807, 2.05) is 12.1 Å². The lowest BCUT2D eigenvalue weighted by atomic mass is 9.72. The zero-order valence-electron chi connectivity index (χ0n) is 12.6. The molecule has 3 unspecified atom stereocenters. The Balaban J connectivity index is 1.70. The largest absolute Gasteiger partial charge is 0.378 e. The van der Waals surface area contributed by atoms with Gasteiger partial charge in [0.15, 0.2) is 0 Å². The average Bonchev–Trinajstić information content (AvgIpc) is 2.89. The highest BCUT2D eigenvalue weighted by Crippen LogP contribution is 2.40. The lowest BCUT2D eigenvalue weighted by Gasteiger charge is -2.44. The van der Waals surface area contributed by atoms with Crippen LogP contribution in [0.25, 0.3) is 0 Å². The summed E-state index contributed by atoms with van der Waals surface area (Å²) in [6, 6.07) is 6.66. The van der Waals surface area contributed by atoms with E-state index >= 15 is 0 Å². The molecule has 21 heavy (non-hydrogen) atoms. The van der Waals surface area contributed by atoms with Crippen molar-refractivity contribution in [2.24, 2.45) is 11.7 Å². The molecule has 2 aliphatic rings. The van der Waals surface area contributed by atoms with E-state index in [0.29, 0.717) is 12.5 Å². The summed E-state index contributed by atoms with van der Waals surface area (Å²) >= 11 is 0. The van der Waals surface area contributed by atoms with E-state index in [1.54, 1.807) is 0 Å². The van der Waals surface area contributed by atoms with Crippen molar-refractivity contribution in [3.63, 3.8) is 0 Å². The minimum Gasteiger partial charge on any atom is -0.378 e. The van der Waals surface area contributed by atoms with Gasteiger partial charge in [0.2, 0.25) is 0 Å². The number of halogens is 1.